The van der Waals surface area contributed by atoms with Crippen LogP contribution in [-0.4, -0.2) is 49.1 Å². The predicted molar refractivity (Wildman–Crippen MR) is 113 cm³/mol. The van der Waals surface area contributed by atoms with Crippen LogP contribution in [0.1, 0.15) is 55.8 Å². The minimum atomic E-state index is -0.0115. The standard InChI is InChI=1S/C22H31BrN2O3/c1-16-4-2-3-5-20(16)28-15-12-24-21(26)17-10-13-25(14-11-17)22(27)18-6-8-19(23)9-7-18/h6-9,16-17,20H,2-5,10-15H2,1H3,(H,24,26). The Morgan fingerprint density at radius 1 is 1.11 bits per heavy atom. The van der Waals surface area contributed by atoms with Crippen LogP contribution >= 0.6 is 15.9 Å². The molecule has 154 valence electrons. The van der Waals surface area contributed by atoms with Crippen LogP contribution in [0.2, 0.25) is 0 Å². The van der Waals surface area contributed by atoms with Crippen molar-refractivity contribution < 1.29 is 14.3 Å². The molecule has 1 saturated carbocycles. The number of nitrogens with zero attached hydrogens (tertiary/aromatic N) is 1. The zero-order chi connectivity index (χ0) is 19.9. The number of carbonyl (C=O) groups excluding carboxylic acids is 2. The van der Waals surface area contributed by atoms with Crippen LogP contribution in [0.5, 0.6) is 0 Å². The molecule has 0 bridgehead atoms. The van der Waals surface area contributed by atoms with Gasteiger partial charge in [-0.05, 0) is 55.9 Å². The Morgan fingerprint density at radius 2 is 1.79 bits per heavy atom. The lowest BCUT2D eigenvalue weighted by Gasteiger charge is -2.31. The molecule has 1 aromatic rings. The zero-order valence-electron chi connectivity index (χ0n) is 16.7. The van der Waals surface area contributed by atoms with Gasteiger partial charge in [-0.1, -0.05) is 35.7 Å². The first kappa shape index (κ1) is 21.3. The number of likely N-dealkylation sites (tertiary alicyclic amines) is 1. The van der Waals surface area contributed by atoms with Gasteiger partial charge in [-0.15, -0.1) is 0 Å². The third-order valence-electron chi connectivity index (χ3n) is 6.01. The molecule has 1 aromatic carbocycles. The molecule has 2 atom stereocenters. The minimum absolute atomic E-state index is 0.0115. The summed E-state index contributed by atoms with van der Waals surface area (Å²) in [6, 6.07) is 7.42. The van der Waals surface area contributed by atoms with Crippen LogP contribution in [-0.2, 0) is 9.53 Å². The first-order valence-corrected chi connectivity index (χ1v) is 11.3. The molecule has 3 rings (SSSR count). The third kappa shape index (κ3) is 5.80. The Kier molecular flexibility index (Phi) is 7.91. The highest BCUT2D eigenvalue weighted by atomic mass is 79.9. The number of halogens is 1. The Balaban J connectivity index is 1.35. The molecule has 1 aliphatic heterocycles. The molecule has 2 unspecified atom stereocenters. The number of hydrogen-bond acceptors (Lipinski definition) is 3. The third-order valence-corrected chi connectivity index (χ3v) is 6.54. The van der Waals surface area contributed by atoms with Gasteiger partial charge in [0.2, 0.25) is 5.91 Å². The number of ether oxygens (including phenoxy) is 1. The summed E-state index contributed by atoms with van der Waals surface area (Å²) in [6.07, 6.45) is 6.72. The second kappa shape index (κ2) is 10.4. The fraction of sp³-hybridized carbons (Fsp3) is 0.636. The van der Waals surface area contributed by atoms with E-state index in [1.54, 1.807) is 0 Å². The van der Waals surface area contributed by atoms with Gasteiger partial charge in [-0.25, -0.2) is 0 Å². The zero-order valence-corrected chi connectivity index (χ0v) is 18.2. The molecule has 1 aliphatic carbocycles. The van der Waals surface area contributed by atoms with Gasteiger partial charge in [0.15, 0.2) is 0 Å². The van der Waals surface area contributed by atoms with Gasteiger partial charge in [0.05, 0.1) is 12.7 Å². The van der Waals surface area contributed by atoms with E-state index in [4.69, 9.17) is 4.74 Å². The number of benzene rings is 1. The molecule has 1 N–H and O–H groups in total. The van der Waals surface area contributed by atoms with Gasteiger partial charge in [-0.2, -0.15) is 0 Å². The number of amides is 2. The van der Waals surface area contributed by atoms with Gasteiger partial charge in [-0.3, -0.25) is 9.59 Å². The smallest absolute Gasteiger partial charge is 0.253 e. The molecular weight excluding hydrogens is 420 g/mol. The molecule has 1 saturated heterocycles. The quantitative estimate of drug-likeness (QED) is 0.665. The molecule has 0 aromatic heterocycles. The molecule has 5 nitrogen and oxygen atoms in total. The van der Waals surface area contributed by atoms with E-state index in [1.807, 2.05) is 29.2 Å². The molecule has 0 spiro atoms. The van der Waals surface area contributed by atoms with E-state index < -0.39 is 0 Å². The number of carbonyl (C=O) groups is 2. The second-order valence-corrected chi connectivity index (χ2v) is 8.95. The molecule has 1 heterocycles. The van der Waals surface area contributed by atoms with Crippen LogP contribution in [0.4, 0.5) is 0 Å². The number of nitrogens with one attached hydrogen (secondary N) is 1. The first-order valence-electron chi connectivity index (χ1n) is 10.5. The molecule has 2 amide bonds. The lowest BCUT2D eigenvalue weighted by atomic mass is 9.88. The fourth-order valence-corrected chi connectivity index (χ4v) is 4.44. The van der Waals surface area contributed by atoms with Crippen LogP contribution < -0.4 is 5.32 Å². The lowest BCUT2D eigenvalue weighted by Crippen LogP contribution is -2.43. The lowest BCUT2D eigenvalue weighted by molar-refractivity contribution is -0.126. The summed E-state index contributed by atoms with van der Waals surface area (Å²) in [7, 11) is 0. The average Bonchev–Trinajstić information content (AvgIpc) is 2.72. The summed E-state index contributed by atoms with van der Waals surface area (Å²) in [5.74, 6) is 0.747. The van der Waals surface area contributed by atoms with E-state index in [1.165, 1.54) is 19.3 Å². The summed E-state index contributed by atoms with van der Waals surface area (Å²) in [4.78, 5) is 26.8. The Hall–Kier alpha value is -1.40. The average molecular weight is 451 g/mol. The largest absolute Gasteiger partial charge is 0.376 e. The van der Waals surface area contributed by atoms with Gasteiger partial charge in [0.1, 0.15) is 0 Å². The van der Waals surface area contributed by atoms with Crippen molar-refractivity contribution in [3.63, 3.8) is 0 Å². The second-order valence-electron chi connectivity index (χ2n) is 8.04. The number of piperidine rings is 1. The van der Waals surface area contributed by atoms with E-state index >= 15 is 0 Å². The predicted octanol–water partition coefficient (Wildman–Crippen LogP) is 4.01. The highest BCUT2D eigenvalue weighted by Gasteiger charge is 2.28. The monoisotopic (exact) mass is 450 g/mol. The molecule has 2 fully saturated rings. The van der Waals surface area contributed by atoms with Crippen molar-refractivity contribution in [1.82, 2.24) is 10.2 Å². The maximum atomic E-state index is 12.6. The van der Waals surface area contributed by atoms with Gasteiger partial charge < -0.3 is 15.0 Å². The number of hydrogen-bond donors (Lipinski definition) is 1. The van der Waals surface area contributed by atoms with E-state index in [9.17, 15) is 9.59 Å². The Bertz CT molecular complexity index is 656. The normalized spacial score (nSPS) is 23.4. The van der Waals surface area contributed by atoms with E-state index in [2.05, 4.69) is 28.2 Å². The highest BCUT2D eigenvalue weighted by molar-refractivity contribution is 9.10. The summed E-state index contributed by atoms with van der Waals surface area (Å²) in [5.41, 5.74) is 0.695. The molecule has 2 aliphatic rings. The van der Waals surface area contributed by atoms with Crippen molar-refractivity contribution in [3.8, 4) is 0 Å². The SMILES string of the molecule is CC1CCCCC1OCCNC(=O)C1CCN(C(=O)c2ccc(Br)cc2)CC1. The van der Waals surface area contributed by atoms with Crippen LogP contribution in [0, 0.1) is 11.8 Å². The molecule has 28 heavy (non-hydrogen) atoms. The molecule has 6 heteroatoms. The highest BCUT2D eigenvalue weighted by Crippen LogP contribution is 2.26. The van der Waals surface area contributed by atoms with Gasteiger partial charge in [0, 0.05) is 35.6 Å². The Labute approximate surface area is 176 Å². The van der Waals surface area contributed by atoms with Crippen LogP contribution in [0.25, 0.3) is 0 Å². The Morgan fingerprint density at radius 3 is 2.46 bits per heavy atom. The van der Waals surface area contributed by atoms with Crippen molar-refractivity contribution in [2.45, 2.75) is 51.6 Å². The van der Waals surface area contributed by atoms with Crippen molar-refractivity contribution in [2.24, 2.45) is 11.8 Å². The van der Waals surface area contributed by atoms with E-state index in [-0.39, 0.29) is 17.7 Å². The van der Waals surface area contributed by atoms with Crippen molar-refractivity contribution in [3.05, 3.63) is 34.3 Å². The maximum Gasteiger partial charge on any atom is 0.253 e. The maximum absolute atomic E-state index is 12.6. The van der Waals surface area contributed by atoms with Gasteiger partial charge in [0.25, 0.3) is 5.91 Å². The molecular formula is C22H31BrN2O3. The van der Waals surface area contributed by atoms with Crippen LogP contribution in [0.15, 0.2) is 28.7 Å². The first-order chi connectivity index (χ1) is 13.5. The van der Waals surface area contributed by atoms with E-state index in [0.29, 0.717) is 56.7 Å². The van der Waals surface area contributed by atoms with Crippen LogP contribution in [0.3, 0.4) is 0 Å². The number of rotatable bonds is 6. The van der Waals surface area contributed by atoms with Crippen molar-refractivity contribution in [2.75, 3.05) is 26.2 Å². The topological polar surface area (TPSA) is 58.6 Å². The van der Waals surface area contributed by atoms with Crippen molar-refractivity contribution in [1.29, 1.82) is 0 Å². The summed E-state index contributed by atoms with van der Waals surface area (Å²) < 4.78 is 6.93. The summed E-state index contributed by atoms with van der Waals surface area (Å²) in [6.45, 7) is 4.67. The molecule has 0 radical (unpaired) electrons. The summed E-state index contributed by atoms with van der Waals surface area (Å²) >= 11 is 3.39. The van der Waals surface area contributed by atoms with Crippen molar-refractivity contribution >= 4 is 27.7 Å². The van der Waals surface area contributed by atoms with Gasteiger partial charge >= 0.3 is 0 Å². The minimum Gasteiger partial charge on any atom is -0.376 e. The van der Waals surface area contributed by atoms with E-state index in [0.717, 1.165) is 10.9 Å². The fourth-order valence-electron chi connectivity index (χ4n) is 4.18. The summed E-state index contributed by atoms with van der Waals surface area (Å²) in [5, 5.41) is 3.02.